The molecule has 1 heterocycles. The molecule has 27 heavy (non-hydrogen) atoms. The Labute approximate surface area is 154 Å². The Morgan fingerprint density at radius 2 is 1.85 bits per heavy atom. The minimum Gasteiger partial charge on any atom is -0.493 e. The SMILES string of the molecule is COc1cc2nnc(C(N)=O)c(Nc3cc(CN)ccc3F)c2cc1OC. The Hall–Kier alpha value is -3.46. The molecule has 0 spiro atoms. The number of hydrogen-bond donors (Lipinski definition) is 3. The van der Waals surface area contributed by atoms with Gasteiger partial charge in [0.15, 0.2) is 17.2 Å². The molecule has 0 bridgehead atoms. The minimum absolute atomic E-state index is 0.129. The van der Waals surface area contributed by atoms with Crippen LogP contribution < -0.4 is 26.3 Å². The summed E-state index contributed by atoms with van der Waals surface area (Å²) >= 11 is 0. The van der Waals surface area contributed by atoms with Gasteiger partial charge in [-0.1, -0.05) is 6.07 Å². The molecule has 9 heteroatoms. The summed E-state index contributed by atoms with van der Waals surface area (Å²) in [5.74, 6) is -0.480. The molecule has 0 aliphatic heterocycles. The van der Waals surface area contributed by atoms with Crippen LogP contribution in [0.25, 0.3) is 10.9 Å². The first-order chi connectivity index (χ1) is 13.0. The zero-order valence-electron chi connectivity index (χ0n) is 14.7. The predicted molar refractivity (Wildman–Crippen MR) is 98.7 cm³/mol. The number of nitrogens with zero attached hydrogens (tertiary/aromatic N) is 2. The van der Waals surface area contributed by atoms with E-state index in [4.69, 9.17) is 20.9 Å². The van der Waals surface area contributed by atoms with Crippen LogP contribution in [0.15, 0.2) is 30.3 Å². The molecule has 0 radical (unpaired) electrons. The number of methoxy groups -OCH3 is 2. The van der Waals surface area contributed by atoms with Crippen molar-refractivity contribution in [3.63, 3.8) is 0 Å². The zero-order chi connectivity index (χ0) is 19.6. The summed E-state index contributed by atoms with van der Waals surface area (Å²) in [6, 6.07) is 7.63. The van der Waals surface area contributed by atoms with Crippen molar-refractivity contribution in [2.75, 3.05) is 19.5 Å². The summed E-state index contributed by atoms with van der Waals surface area (Å²) in [6.45, 7) is 0.234. The number of fused-ring (bicyclic) bond motifs is 1. The molecule has 0 aliphatic carbocycles. The second-order valence-corrected chi connectivity index (χ2v) is 5.66. The van der Waals surface area contributed by atoms with Gasteiger partial charge in [-0.25, -0.2) is 4.39 Å². The molecular formula is C18H18FN5O3. The number of carbonyl (C=O) groups is 1. The minimum atomic E-state index is -0.808. The second-order valence-electron chi connectivity index (χ2n) is 5.66. The summed E-state index contributed by atoms with van der Waals surface area (Å²) in [4.78, 5) is 11.9. The standard InChI is InChI=1S/C18H18FN5O3/c1-26-14-6-10-12(7-15(14)27-2)23-24-17(18(21)25)16(10)22-13-5-9(8-20)3-4-11(13)19/h3-7H,8,20H2,1-2H3,(H2,21,25)(H,22,23). The van der Waals surface area contributed by atoms with E-state index in [0.29, 0.717) is 28.0 Å². The van der Waals surface area contributed by atoms with E-state index < -0.39 is 11.7 Å². The molecule has 5 N–H and O–H groups in total. The van der Waals surface area contributed by atoms with E-state index >= 15 is 0 Å². The number of amides is 1. The third-order valence-electron chi connectivity index (χ3n) is 4.03. The zero-order valence-corrected chi connectivity index (χ0v) is 14.7. The van der Waals surface area contributed by atoms with Gasteiger partial charge in [0.2, 0.25) is 0 Å². The first-order valence-electron chi connectivity index (χ1n) is 7.96. The van der Waals surface area contributed by atoms with E-state index in [1.54, 1.807) is 24.3 Å². The second kappa shape index (κ2) is 7.42. The van der Waals surface area contributed by atoms with Crippen LogP contribution in [0, 0.1) is 5.82 Å². The lowest BCUT2D eigenvalue weighted by Gasteiger charge is -2.15. The molecule has 3 aromatic rings. The van der Waals surface area contributed by atoms with Crippen molar-refractivity contribution in [3.8, 4) is 11.5 Å². The smallest absolute Gasteiger partial charge is 0.271 e. The van der Waals surface area contributed by atoms with Gasteiger partial charge in [-0.05, 0) is 23.8 Å². The lowest BCUT2D eigenvalue weighted by molar-refractivity contribution is 0.0995. The number of carbonyl (C=O) groups excluding carboxylic acids is 1. The topological polar surface area (TPSA) is 125 Å². The Kier molecular flexibility index (Phi) is 5.04. The number of halogens is 1. The van der Waals surface area contributed by atoms with Gasteiger partial charge in [0.1, 0.15) is 5.82 Å². The van der Waals surface area contributed by atoms with E-state index in [-0.39, 0.29) is 23.6 Å². The van der Waals surface area contributed by atoms with Crippen molar-refractivity contribution in [3.05, 3.63) is 47.4 Å². The van der Waals surface area contributed by atoms with Gasteiger partial charge >= 0.3 is 0 Å². The number of rotatable bonds is 6. The van der Waals surface area contributed by atoms with E-state index in [1.807, 2.05) is 0 Å². The molecular weight excluding hydrogens is 353 g/mol. The number of benzene rings is 2. The molecule has 0 unspecified atom stereocenters. The third-order valence-corrected chi connectivity index (χ3v) is 4.03. The van der Waals surface area contributed by atoms with Gasteiger partial charge in [0.05, 0.1) is 31.1 Å². The number of hydrogen-bond acceptors (Lipinski definition) is 7. The van der Waals surface area contributed by atoms with E-state index in [0.717, 1.165) is 0 Å². The highest BCUT2D eigenvalue weighted by Crippen LogP contribution is 2.36. The molecule has 1 aromatic heterocycles. The van der Waals surface area contributed by atoms with Gasteiger partial charge in [-0.3, -0.25) is 4.79 Å². The number of nitrogens with one attached hydrogen (secondary N) is 1. The fourth-order valence-electron chi connectivity index (χ4n) is 2.66. The fourth-order valence-corrected chi connectivity index (χ4v) is 2.66. The molecule has 2 aromatic carbocycles. The largest absolute Gasteiger partial charge is 0.493 e. The Balaban J connectivity index is 2.25. The van der Waals surface area contributed by atoms with Gasteiger partial charge in [-0.2, -0.15) is 0 Å². The molecule has 3 rings (SSSR count). The van der Waals surface area contributed by atoms with Crippen molar-refractivity contribution in [2.45, 2.75) is 6.54 Å². The summed E-state index contributed by atoms with van der Waals surface area (Å²) in [7, 11) is 2.96. The number of primary amides is 1. The number of nitrogens with two attached hydrogens (primary N) is 2. The van der Waals surface area contributed by atoms with E-state index in [1.165, 1.54) is 20.3 Å². The van der Waals surface area contributed by atoms with Gasteiger partial charge < -0.3 is 26.3 Å². The quantitative estimate of drug-likeness (QED) is 0.606. The van der Waals surface area contributed by atoms with Crippen LogP contribution in [0.3, 0.4) is 0 Å². The lowest BCUT2D eigenvalue weighted by atomic mass is 10.1. The number of aromatic nitrogens is 2. The van der Waals surface area contributed by atoms with Gasteiger partial charge in [0, 0.05) is 18.0 Å². The highest BCUT2D eigenvalue weighted by Gasteiger charge is 2.19. The van der Waals surface area contributed by atoms with Crippen LogP contribution in [0.5, 0.6) is 11.5 Å². The highest BCUT2D eigenvalue weighted by molar-refractivity contribution is 6.06. The normalized spacial score (nSPS) is 10.7. The molecule has 0 atom stereocenters. The Bertz CT molecular complexity index is 1030. The van der Waals surface area contributed by atoms with Gasteiger partial charge in [0.25, 0.3) is 5.91 Å². The first-order valence-corrected chi connectivity index (χ1v) is 7.96. The monoisotopic (exact) mass is 371 g/mol. The van der Waals surface area contributed by atoms with Crippen LogP contribution in [0.2, 0.25) is 0 Å². The predicted octanol–water partition coefficient (Wildman–Crippen LogP) is 2.09. The Morgan fingerprint density at radius 1 is 1.15 bits per heavy atom. The molecule has 0 aliphatic rings. The maximum Gasteiger partial charge on any atom is 0.271 e. The maximum absolute atomic E-state index is 14.3. The van der Waals surface area contributed by atoms with Crippen molar-refractivity contribution < 1.29 is 18.7 Å². The van der Waals surface area contributed by atoms with Crippen LogP contribution in [-0.4, -0.2) is 30.3 Å². The maximum atomic E-state index is 14.3. The fraction of sp³-hybridized carbons (Fsp3) is 0.167. The third kappa shape index (κ3) is 3.44. The first kappa shape index (κ1) is 18.3. The highest BCUT2D eigenvalue weighted by atomic mass is 19.1. The average Bonchev–Trinajstić information content (AvgIpc) is 2.68. The number of ether oxygens (including phenoxy) is 2. The van der Waals surface area contributed by atoms with Crippen LogP contribution in [0.4, 0.5) is 15.8 Å². The van der Waals surface area contributed by atoms with Crippen molar-refractivity contribution in [1.82, 2.24) is 10.2 Å². The summed E-state index contributed by atoms with van der Waals surface area (Å²) in [6.07, 6.45) is 0. The molecule has 0 fully saturated rings. The van der Waals surface area contributed by atoms with Crippen molar-refractivity contribution >= 4 is 28.2 Å². The Morgan fingerprint density at radius 3 is 2.48 bits per heavy atom. The van der Waals surface area contributed by atoms with Gasteiger partial charge in [-0.15, -0.1) is 10.2 Å². The summed E-state index contributed by atoms with van der Waals surface area (Å²) < 4.78 is 24.8. The van der Waals surface area contributed by atoms with Crippen molar-refractivity contribution in [1.29, 1.82) is 0 Å². The van der Waals surface area contributed by atoms with Crippen LogP contribution in [0.1, 0.15) is 16.1 Å². The average molecular weight is 371 g/mol. The van der Waals surface area contributed by atoms with E-state index in [2.05, 4.69) is 15.5 Å². The molecule has 0 saturated heterocycles. The number of anilines is 2. The summed E-state index contributed by atoms with van der Waals surface area (Å²) in [5, 5.41) is 11.2. The van der Waals surface area contributed by atoms with Crippen LogP contribution >= 0.6 is 0 Å². The lowest BCUT2D eigenvalue weighted by Crippen LogP contribution is -2.17. The van der Waals surface area contributed by atoms with E-state index in [9.17, 15) is 9.18 Å². The van der Waals surface area contributed by atoms with Crippen LogP contribution in [-0.2, 0) is 6.54 Å². The molecule has 140 valence electrons. The van der Waals surface area contributed by atoms with Crippen molar-refractivity contribution in [2.24, 2.45) is 11.5 Å². The molecule has 0 saturated carbocycles. The summed E-state index contributed by atoms with van der Waals surface area (Å²) in [5.41, 5.74) is 12.4. The molecule has 1 amide bonds. The molecule has 8 nitrogen and oxygen atoms in total.